The Bertz CT molecular complexity index is 1070. The third-order valence-electron chi connectivity index (χ3n) is 5.20. The number of hydrogen-bond acceptors (Lipinski definition) is 5. The molecule has 0 aliphatic heterocycles. The van der Waals surface area contributed by atoms with Crippen LogP contribution in [-0.2, 0) is 13.0 Å². The van der Waals surface area contributed by atoms with E-state index >= 15 is 0 Å². The molecule has 1 amide bonds. The first kappa shape index (κ1) is 19.5. The molecule has 6 nitrogen and oxygen atoms in total. The van der Waals surface area contributed by atoms with Crippen LogP contribution in [-0.4, -0.2) is 22.9 Å². The predicted octanol–water partition coefficient (Wildman–Crippen LogP) is 3.63. The lowest BCUT2D eigenvalue weighted by Gasteiger charge is -2.15. The molecule has 4 N–H and O–H groups in total. The summed E-state index contributed by atoms with van der Waals surface area (Å²) in [4.78, 5) is 20.5. The minimum Gasteiger partial charge on any atom is -0.382 e. The summed E-state index contributed by atoms with van der Waals surface area (Å²) in [6.45, 7) is 0.745. The molecule has 1 aliphatic rings. The van der Waals surface area contributed by atoms with Gasteiger partial charge in [-0.15, -0.1) is 0 Å². The van der Waals surface area contributed by atoms with Crippen LogP contribution in [0.15, 0.2) is 53.1 Å². The summed E-state index contributed by atoms with van der Waals surface area (Å²) in [5, 5.41) is 6.21. The monoisotopic (exact) mass is 451 g/mol. The summed E-state index contributed by atoms with van der Waals surface area (Å²) in [5.74, 6) is -0.224. The van der Waals surface area contributed by atoms with Crippen LogP contribution in [0.1, 0.15) is 39.6 Å². The van der Waals surface area contributed by atoms with Gasteiger partial charge in [0.15, 0.2) is 11.5 Å². The Kier molecular flexibility index (Phi) is 5.60. The second-order valence-corrected chi connectivity index (χ2v) is 8.00. The smallest absolute Gasteiger partial charge is 0.273 e. The van der Waals surface area contributed by atoms with E-state index in [1.807, 2.05) is 12.1 Å². The molecule has 148 valence electrons. The number of benzene rings is 2. The van der Waals surface area contributed by atoms with Gasteiger partial charge in [-0.2, -0.15) is 0 Å². The average Bonchev–Trinajstić information content (AvgIpc) is 3.14. The Morgan fingerprint density at radius 1 is 1.28 bits per heavy atom. The van der Waals surface area contributed by atoms with Gasteiger partial charge in [0.05, 0.1) is 11.9 Å². The molecule has 1 aromatic heterocycles. The number of nitrogens with two attached hydrogens (primary N) is 1. The van der Waals surface area contributed by atoms with Crippen LogP contribution in [0, 0.1) is 0 Å². The van der Waals surface area contributed by atoms with E-state index in [4.69, 9.17) is 5.73 Å². The molecule has 1 unspecified atom stereocenters. The fraction of sp³-hybridized carbons (Fsp3) is 0.227. The van der Waals surface area contributed by atoms with Crippen LogP contribution >= 0.6 is 15.9 Å². The summed E-state index contributed by atoms with van der Waals surface area (Å²) in [5.41, 5.74) is 11.4. The lowest BCUT2D eigenvalue weighted by atomic mass is 10.1. The van der Waals surface area contributed by atoms with Crippen molar-refractivity contribution in [3.05, 3.63) is 75.5 Å². The first-order valence-electron chi connectivity index (χ1n) is 9.51. The van der Waals surface area contributed by atoms with Gasteiger partial charge in [0.25, 0.3) is 5.91 Å². The second-order valence-electron chi connectivity index (χ2n) is 7.08. The number of fused-ring (bicyclic) bond motifs is 1. The molecule has 0 fully saturated rings. The van der Waals surface area contributed by atoms with Gasteiger partial charge < -0.3 is 16.4 Å². The molecule has 29 heavy (non-hydrogen) atoms. The quantitative estimate of drug-likeness (QED) is 0.550. The number of halogens is 1. The number of nitrogen functional groups attached to an aromatic ring is 1. The molecule has 3 aromatic rings. The maximum Gasteiger partial charge on any atom is 0.273 e. The summed E-state index contributed by atoms with van der Waals surface area (Å²) >= 11 is 3.57. The normalized spacial score (nSPS) is 15.2. The Morgan fingerprint density at radius 2 is 2.14 bits per heavy atom. The Balaban J connectivity index is 1.52. The number of aryl methyl sites for hydroxylation is 1. The minimum atomic E-state index is -0.347. The van der Waals surface area contributed by atoms with E-state index in [-0.39, 0.29) is 17.4 Å². The van der Waals surface area contributed by atoms with Crippen molar-refractivity contribution >= 4 is 27.7 Å². The molecule has 1 atom stereocenters. The fourth-order valence-corrected chi connectivity index (χ4v) is 4.07. The van der Waals surface area contributed by atoms with Crippen molar-refractivity contribution in [1.82, 2.24) is 20.6 Å². The van der Waals surface area contributed by atoms with Crippen LogP contribution in [0.2, 0.25) is 0 Å². The van der Waals surface area contributed by atoms with Crippen molar-refractivity contribution in [2.24, 2.45) is 0 Å². The minimum absolute atomic E-state index is 0.122. The first-order chi connectivity index (χ1) is 14.0. The van der Waals surface area contributed by atoms with E-state index in [0.717, 1.165) is 35.0 Å². The van der Waals surface area contributed by atoms with Gasteiger partial charge in [-0.3, -0.25) is 4.79 Å². The van der Waals surface area contributed by atoms with Gasteiger partial charge in [-0.25, -0.2) is 9.97 Å². The number of anilines is 1. The fourth-order valence-electron chi connectivity index (χ4n) is 3.69. The summed E-state index contributed by atoms with van der Waals surface area (Å²) in [6.07, 6.45) is 3.80. The molecule has 7 heteroatoms. The molecule has 1 aliphatic carbocycles. The van der Waals surface area contributed by atoms with E-state index in [1.165, 1.54) is 11.1 Å². The number of nitrogens with one attached hydrogen (secondary N) is 2. The lowest BCUT2D eigenvalue weighted by Crippen LogP contribution is -2.21. The molecular formula is C22H22BrN5O. The highest BCUT2D eigenvalue weighted by Gasteiger charge is 2.22. The van der Waals surface area contributed by atoms with Gasteiger partial charge in [-0.1, -0.05) is 40.2 Å². The number of carbonyl (C=O) groups excluding carboxylic acids is 1. The van der Waals surface area contributed by atoms with Crippen molar-refractivity contribution in [1.29, 1.82) is 0 Å². The van der Waals surface area contributed by atoms with Crippen molar-refractivity contribution in [2.45, 2.75) is 25.4 Å². The average molecular weight is 452 g/mol. The summed E-state index contributed by atoms with van der Waals surface area (Å²) < 4.78 is 1.11. The van der Waals surface area contributed by atoms with Gasteiger partial charge in [0, 0.05) is 29.7 Å². The zero-order chi connectivity index (χ0) is 20.4. The van der Waals surface area contributed by atoms with Gasteiger partial charge in [0.1, 0.15) is 0 Å². The van der Waals surface area contributed by atoms with Crippen LogP contribution in [0.25, 0.3) is 11.3 Å². The highest BCUT2D eigenvalue weighted by molar-refractivity contribution is 9.10. The maximum atomic E-state index is 12.0. The van der Waals surface area contributed by atoms with Gasteiger partial charge >= 0.3 is 0 Å². The van der Waals surface area contributed by atoms with E-state index in [9.17, 15) is 4.79 Å². The Hall–Kier alpha value is -2.77. The number of amides is 1. The van der Waals surface area contributed by atoms with Crippen LogP contribution in [0.3, 0.4) is 0 Å². The SMILES string of the molecule is CNC(=O)c1nc(-c2cccc(CNC3CCc4ccc(Br)cc43)c2)cnc1N. The molecule has 0 spiro atoms. The number of rotatable bonds is 5. The third kappa shape index (κ3) is 4.16. The number of nitrogens with zero attached hydrogens (tertiary/aromatic N) is 2. The van der Waals surface area contributed by atoms with Crippen molar-refractivity contribution in [2.75, 3.05) is 12.8 Å². The second kappa shape index (κ2) is 8.31. The van der Waals surface area contributed by atoms with Crippen LogP contribution in [0.5, 0.6) is 0 Å². The molecule has 1 heterocycles. The predicted molar refractivity (Wildman–Crippen MR) is 117 cm³/mol. The van der Waals surface area contributed by atoms with E-state index < -0.39 is 0 Å². The third-order valence-corrected chi connectivity index (χ3v) is 5.70. The van der Waals surface area contributed by atoms with Crippen LogP contribution < -0.4 is 16.4 Å². The summed E-state index contributed by atoms with van der Waals surface area (Å²) in [6, 6.07) is 15.0. The molecule has 0 saturated heterocycles. The lowest BCUT2D eigenvalue weighted by molar-refractivity contribution is 0.0959. The first-order valence-corrected chi connectivity index (χ1v) is 10.3. The molecular weight excluding hydrogens is 430 g/mol. The van der Waals surface area contributed by atoms with Crippen molar-refractivity contribution in [3.8, 4) is 11.3 Å². The van der Waals surface area contributed by atoms with Crippen molar-refractivity contribution in [3.63, 3.8) is 0 Å². The molecule has 0 bridgehead atoms. The maximum absolute atomic E-state index is 12.0. The standard InChI is InChI=1S/C22H22BrN5O/c1-25-22(29)20-21(24)27-12-19(28-20)15-4-2-3-13(9-15)11-26-18-8-6-14-5-7-16(23)10-17(14)18/h2-5,7,9-10,12,18,26H,6,8,11H2,1H3,(H2,24,27)(H,25,29). The molecule has 2 aromatic carbocycles. The summed E-state index contributed by atoms with van der Waals surface area (Å²) in [7, 11) is 1.54. The highest BCUT2D eigenvalue weighted by Crippen LogP contribution is 2.33. The zero-order valence-electron chi connectivity index (χ0n) is 16.1. The van der Waals surface area contributed by atoms with E-state index in [1.54, 1.807) is 13.2 Å². The molecule has 4 rings (SSSR count). The van der Waals surface area contributed by atoms with Crippen molar-refractivity contribution < 1.29 is 4.79 Å². The van der Waals surface area contributed by atoms with Gasteiger partial charge in [0.2, 0.25) is 0 Å². The molecule has 0 saturated carbocycles. The topological polar surface area (TPSA) is 92.9 Å². The Labute approximate surface area is 178 Å². The Morgan fingerprint density at radius 3 is 2.97 bits per heavy atom. The van der Waals surface area contributed by atoms with E-state index in [0.29, 0.717) is 11.7 Å². The number of carbonyl (C=O) groups is 1. The highest BCUT2D eigenvalue weighted by atomic mass is 79.9. The van der Waals surface area contributed by atoms with E-state index in [2.05, 4.69) is 66.9 Å². The number of hydrogen-bond donors (Lipinski definition) is 3. The number of aromatic nitrogens is 2. The largest absolute Gasteiger partial charge is 0.382 e. The molecule has 0 radical (unpaired) electrons. The van der Waals surface area contributed by atoms with Crippen LogP contribution in [0.4, 0.5) is 5.82 Å². The van der Waals surface area contributed by atoms with Gasteiger partial charge in [-0.05, 0) is 47.7 Å². The zero-order valence-corrected chi connectivity index (χ0v) is 17.7.